The number of aromatic nitrogens is 4. The molecule has 0 fully saturated rings. The van der Waals surface area contributed by atoms with Gasteiger partial charge >= 0.3 is 25.9 Å². The third-order valence-corrected chi connectivity index (χ3v) is 38.8. The molecule has 2 aliphatic heterocycles. The fourth-order valence-electron chi connectivity index (χ4n) is 18.0. The molecule has 13 rings (SSSR count). The smallest absolute Gasteiger partial charge is 0.418 e. The minimum absolute atomic E-state index is 0.00571. The normalized spacial score (nSPS) is 12.2. The number of aromatic amines is 2. The van der Waals surface area contributed by atoms with Crippen molar-refractivity contribution in [3.05, 3.63) is 245 Å². The second-order valence-electron chi connectivity index (χ2n) is 35.7. The minimum atomic E-state index is -3.41. The van der Waals surface area contributed by atoms with Crippen LogP contribution in [0.2, 0.25) is 50.4 Å². The largest absolute Gasteiger partial charge is 0.501 e. The van der Waals surface area contributed by atoms with E-state index in [1.807, 2.05) is 220 Å². The van der Waals surface area contributed by atoms with Gasteiger partial charge in [0.1, 0.15) is 5.78 Å². The molecule has 29 heteroatoms. The number of rotatable bonds is 48. The molecule has 0 spiro atoms. The van der Waals surface area contributed by atoms with Crippen LogP contribution in [0.4, 0.5) is 17.1 Å². The number of hydrogen-bond donors (Lipinski definition) is 5. The molecule has 5 N–H and O–H groups in total. The number of anilines is 3. The summed E-state index contributed by atoms with van der Waals surface area (Å²) in [7, 11) is -11.4. The van der Waals surface area contributed by atoms with E-state index in [2.05, 4.69) is 113 Å². The average Bonchev–Trinajstić information content (AvgIpc) is 1.61. The lowest BCUT2D eigenvalue weighted by atomic mass is 9.90. The highest BCUT2D eigenvalue weighted by Crippen LogP contribution is 2.47. The summed E-state index contributed by atoms with van der Waals surface area (Å²) >= 11 is 3.68. The number of ketones is 1. The highest BCUT2D eigenvalue weighted by atomic mass is 32.2. The van der Waals surface area contributed by atoms with Crippen LogP contribution in [0.5, 0.6) is 0 Å². The van der Waals surface area contributed by atoms with Crippen molar-refractivity contribution in [2.24, 2.45) is 0 Å². The van der Waals surface area contributed by atoms with E-state index in [0.29, 0.717) is 200 Å². The Kier molecular flexibility index (Phi) is 38.3. The van der Waals surface area contributed by atoms with Gasteiger partial charge in [-0.05, 0) is 275 Å². The topological polar surface area (TPSA) is 287 Å². The number of nitrogens with one attached hydrogen (secondary N) is 5. The molecule has 0 unspecified atom stereocenters. The van der Waals surface area contributed by atoms with Crippen LogP contribution in [0.15, 0.2) is 194 Å². The second-order valence-corrected chi connectivity index (χ2v) is 52.9. The fourth-order valence-corrected chi connectivity index (χ4v) is 28.6. The van der Waals surface area contributed by atoms with Crippen LogP contribution in [0, 0.1) is 0 Å². The van der Waals surface area contributed by atoms with Crippen molar-refractivity contribution in [3.63, 3.8) is 0 Å². The van der Waals surface area contributed by atoms with E-state index in [0.717, 1.165) is 73.2 Å². The number of benzene rings is 8. The van der Waals surface area contributed by atoms with Gasteiger partial charge in [-0.25, -0.2) is 9.97 Å². The number of aryl methyl sites for hydroxylation is 1. The second kappa shape index (κ2) is 50.3. The maximum atomic E-state index is 15.5. The highest BCUT2D eigenvalue weighted by molar-refractivity contribution is 8.13. The number of nitrogens with zero attached hydrogens (tertiary/aromatic N) is 2. The van der Waals surface area contributed by atoms with E-state index < -0.39 is 34.2 Å². The van der Waals surface area contributed by atoms with Crippen LogP contribution in [0.1, 0.15) is 159 Å². The Morgan fingerprint density at radius 3 is 0.957 bits per heavy atom. The molecule has 22 nitrogen and oxygen atoms in total. The third kappa shape index (κ3) is 28.6. The van der Waals surface area contributed by atoms with Gasteiger partial charge in [0.25, 0.3) is 0 Å². The lowest BCUT2D eigenvalue weighted by molar-refractivity contribution is -0.118. The Hall–Kier alpha value is -11.0. The molecule has 0 saturated carbocycles. The molecule has 3 aromatic heterocycles. The Labute approximate surface area is 846 Å². The number of Topliss-reactive ketones (excluding diaryl/α,β-unsaturated/α-hetero) is 1. The van der Waals surface area contributed by atoms with Crippen LogP contribution < -0.4 is 16.0 Å². The Balaban J connectivity index is 1.22. The lowest BCUT2D eigenvalue weighted by Gasteiger charge is -2.28. The highest BCUT2D eigenvalue weighted by Gasteiger charge is 2.41. The zero-order valence-corrected chi connectivity index (χ0v) is 90.3. The van der Waals surface area contributed by atoms with Gasteiger partial charge in [-0.3, -0.25) is 33.6 Å². The van der Waals surface area contributed by atoms with Crippen molar-refractivity contribution in [2.45, 2.75) is 189 Å². The molecule has 141 heavy (non-hydrogen) atoms. The molecule has 0 radical (unpaired) electrons. The van der Waals surface area contributed by atoms with Crippen molar-refractivity contribution in [1.82, 2.24) is 19.9 Å². The monoisotopic (exact) mass is 2020 g/mol. The van der Waals surface area contributed by atoms with E-state index in [1.54, 1.807) is 20.8 Å². The summed E-state index contributed by atoms with van der Waals surface area (Å²) in [6.07, 6.45) is 9.13. The van der Waals surface area contributed by atoms with Crippen LogP contribution >= 0.6 is 35.3 Å². The molecular formula is C112H131N7O15S3Si4. The van der Waals surface area contributed by atoms with Crippen molar-refractivity contribution in [3.8, 4) is 89.0 Å². The first-order valence-corrected chi connectivity index (χ1v) is 62.0. The molecule has 5 heterocycles. The standard InChI is InChI=1S/C112H131N7O15S3Si4/c1-17-77-30-26-34-81(62-77)86-40-43-95(117-106(124)55-58-138(13,14)127-18-2)92(68-86)110-100-48-46-98(113-100)109(91-67-85(82-35-27-31-78(63-82)71-135-74(10)120)38-39-89(91)66-90(123)54-59-139(15,128-19-3)129-20-4)99-47-49-101(114-99)111(94-70-88(84-37-29-33-80(65-84)73-137-76(12)122)42-45-97(94)119-108(126)57-61-141(132-23-7,133-24-8)134-25-9)103-51-53-105(116-103)112(104-52-50-102(110)115-104)93-69-87(83-36-28-32-79(64-83)72-136-75(11)121)41-44-96(93)118-107(125)56-60-140(16,130-21-5)131-22-6/h26-53,62-65,67-70,114-115H,17-25,54-61,66,71-73H2,1-16H3,(H,117,124)(H,118,125)(H,119,126). The number of hydrogen-bond acceptors (Lipinski definition) is 20. The summed E-state index contributed by atoms with van der Waals surface area (Å²) in [6.45, 7) is 33.6. The molecule has 0 saturated heterocycles. The van der Waals surface area contributed by atoms with Crippen molar-refractivity contribution in [1.29, 1.82) is 0 Å². The number of carbonyl (C=O) groups is 7. The Morgan fingerprint density at radius 1 is 0.319 bits per heavy atom. The first-order chi connectivity index (χ1) is 67.9. The SMILES string of the molecule is CCO[Si](C)(C)CCC(=O)Nc1ccc(-c2cccc(CC)c2)cc1-c1c2nc(c(-c3cc(-c4cccc(CSC(C)=O)c4)ccc3CC(=O)CC[Si](C)(OCC)OCC)c3ccc([nH]3)c(-c3cc(-c4cccc(CSC(C)=O)c4)ccc3NC(=O)CC[Si](OCC)(OCC)OCC)c3nc(c(-c4cc(-c5cccc(CSC(C)=O)c5)ccc4NC(=O)CC[Si](C)(OCC)OCC)c4ccc1[nH]4)C=C3)C=C2. The van der Waals surface area contributed by atoms with Gasteiger partial charge in [0.15, 0.2) is 23.7 Å². The zero-order chi connectivity index (χ0) is 101. The van der Waals surface area contributed by atoms with E-state index in [1.165, 1.54) is 35.3 Å². The Bertz CT molecular complexity index is 6420. The molecule has 8 aromatic carbocycles. The number of thioether (sulfide) groups is 3. The van der Waals surface area contributed by atoms with Gasteiger partial charge in [0.05, 0.1) is 22.8 Å². The maximum Gasteiger partial charge on any atom is 0.501 e. The maximum absolute atomic E-state index is 15.5. The summed E-state index contributed by atoms with van der Waals surface area (Å²) in [5.41, 5.74) is 21.6. The first-order valence-electron chi connectivity index (χ1n) is 48.9. The number of H-pyrrole nitrogens is 2. The molecule has 0 aliphatic carbocycles. The molecule has 3 amide bonds. The van der Waals surface area contributed by atoms with Gasteiger partial charge in [0.2, 0.25) is 17.7 Å². The predicted octanol–water partition coefficient (Wildman–Crippen LogP) is 27.0. The van der Waals surface area contributed by atoms with Crippen molar-refractivity contribution >= 4 is 172 Å². The molecule has 738 valence electrons. The lowest BCUT2D eigenvalue weighted by Crippen LogP contribution is -2.46. The summed E-state index contributed by atoms with van der Waals surface area (Å²) < 4.78 is 50.8. The fraction of sp³-hybridized carbons (Fsp3) is 0.330. The van der Waals surface area contributed by atoms with E-state index in [4.69, 9.17) is 45.4 Å². The number of fused-ring (bicyclic) bond motifs is 8. The van der Waals surface area contributed by atoms with Gasteiger partial charge in [0, 0.05) is 207 Å². The van der Waals surface area contributed by atoms with Gasteiger partial charge in [-0.15, -0.1) is 0 Å². The van der Waals surface area contributed by atoms with Crippen LogP contribution in [-0.4, -0.2) is 146 Å². The Morgan fingerprint density at radius 2 is 0.617 bits per heavy atom. The van der Waals surface area contributed by atoms with Crippen molar-refractivity contribution < 1.29 is 69.0 Å². The van der Waals surface area contributed by atoms with Crippen LogP contribution in [0.25, 0.3) is 135 Å². The van der Waals surface area contributed by atoms with E-state index in [-0.39, 0.29) is 77.0 Å². The zero-order valence-electron chi connectivity index (χ0n) is 83.9. The van der Waals surface area contributed by atoms with Gasteiger partial charge in [-0.2, -0.15) is 0 Å². The summed E-state index contributed by atoms with van der Waals surface area (Å²) in [5, 5.41) is 10.2. The van der Waals surface area contributed by atoms with Crippen LogP contribution in [-0.2, 0) is 99.1 Å². The molecule has 0 atom stereocenters. The van der Waals surface area contributed by atoms with E-state index in [9.17, 15) is 14.4 Å². The third-order valence-electron chi connectivity index (χ3n) is 24.7. The molecule has 11 aromatic rings. The first kappa shape index (κ1) is 107. The van der Waals surface area contributed by atoms with E-state index >= 15 is 19.2 Å². The van der Waals surface area contributed by atoms with Crippen LogP contribution in [0.3, 0.4) is 0 Å². The predicted molar refractivity (Wildman–Crippen MR) is 589 cm³/mol. The molecular weight excluding hydrogens is 1890 g/mol. The summed E-state index contributed by atoms with van der Waals surface area (Å²) in [6, 6.07) is 66.7. The minimum Gasteiger partial charge on any atom is -0.418 e. The van der Waals surface area contributed by atoms with Crippen molar-refractivity contribution in [2.75, 3.05) is 68.8 Å². The average molecular weight is 2020 g/mol. The molecule has 2 aliphatic rings. The van der Waals surface area contributed by atoms with Gasteiger partial charge < -0.3 is 61.3 Å². The number of amides is 3. The van der Waals surface area contributed by atoms with Gasteiger partial charge in [-0.1, -0.05) is 170 Å². The molecule has 8 bridgehead atoms. The quantitative estimate of drug-likeness (QED) is 0.0221. The number of carbonyl (C=O) groups excluding carboxylic acids is 7. The summed E-state index contributed by atoms with van der Waals surface area (Å²) in [5.74, 6) is 0.447. The summed E-state index contributed by atoms with van der Waals surface area (Å²) in [4.78, 5) is 119.